The molecule has 112 valence electrons. The number of likely N-dealkylation sites (tertiary alicyclic amines) is 1. The second kappa shape index (κ2) is 6.37. The van der Waals surface area contributed by atoms with E-state index in [4.69, 9.17) is 11.6 Å². The van der Waals surface area contributed by atoms with E-state index in [0.717, 1.165) is 0 Å². The second-order valence-electron chi connectivity index (χ2n) is 5.35. The van der Waals surface area contributed by atoms with Crippen LogP contribution in [-0.2, 0) is 6.42 Å². The number of aliphatic hydroxyl groups excluding tert-OH is 3. The minimum Gasteiger partial charge on any atom is -0.389 e. The Bertz CT molecular complexity index is 462. The summed E-state index contributed by atoms with van der Waals surface area (Å²) < 4.78 is 13.9. The van der Waals surface area contributed by atoms with Crippen molar-refractivity contribution in [3.63, 3.8) is 0 Å². The molecule has 0 saturated carbocycles. The molecule has 1 unspecified atom stereocenters. The summed E-state index contributed by atoms with van der Waals surface area (Å²) in [6.07, 6.45) is -2.70. The van der Waals surface area contributed by atoms with Crippen molar-refractivity contribution in [2.75, 3.05) is 13.1 Å². The van der Waals surface area contributed by atoms with Crippen molar-refractivity contribution < 1.29 is 19.7 Å². The van der Waals surface area contributed by atoms with Gasteiger partial charge in [0.15, 0.2) is 0 Å². The molecular weight excluding hydrogens is 285 g/mol. The van der Waals surface area contributed by atoms with Crippen LogP contribution in [0.5, 0.6) is 0 Å². The number of aliphatic hydroxyl groups is 3. The van der Waals surface area contributed by atoms with Crippen LogP contribution in [0.2, 0.25) is 5.02 Å². The average Bonchev–Trinajstić information content (AvgIpc) is 2.40. The molecule has 1 heterocycles. The number of halogens is 2. The molecule has 1 aliphatic heterocycles. The van der Waals surface area contributed by atoms with Crippen LogP contribution in [0, 0.1) is 5.82 Å². The Morgan fingerprint density at radius 1 is 1.30 bits per heavy atom. The van der Waals surface area contributed by atoms with Gasteiger partial charge in [0, 0.05) is 19.1 Å². The van der Waals surface area contributed by atoms with Gasteiger partial charge in [-0.25, -0.2) is 4.39 Å². The van der Waals surface area contributed by atoms with Crippen LogP contribution >= 0.6 is 11.6 Å². The van der Waals surface area contributed by atoms with Crippen molar-refractivity contribution in [1.82, 2.24) is 4.90 Å². The number of β-amino-alcohol motifs (C(OH)–C–C–N with tert-alkyl or cyclic N) is 2. The second-order valence-corrected chi connectivity index (χ2v) is 5.75. The maximum absolute atomic E-state index is 13.9. The molecule has 2 rings (SSSR count). The number of hydrogen-bond donors (Lipinski definition) is 3. The van der Waals surface area contributed by atoms with Crippen molar-refractivity contribution in [1.29, 1.82) is 0 Å². The van der Waals surface area contributed by atoms with Crippen LogP contribution in [-0.4, -0.2) is 57.7 Å². The normalized spacial score (nSPS) is 29.4. The maximum atomic E-state index is 13.9. The van der Waals surface area contributed by atoms with Crippen molar-refractivity contribution in [2.45, 2.75) is 37.7 Å². The predicted molar refractivity (Wildman–Crippen MR) is 74.2 cm³/mol. The van der Waals surface area contributed by atoms with E-state index < -0.39 is 24.1 Å². The Hall–Kier alpha value is -0.720. The summed E-state index contributed by atoms with van der Waals surface area (Å²) in [5, 5.41) is 29.0. The monoisotopic (exact) mass is 303 g/mol. The summed E-state index contributed by atoms with van der Waals surface area (Å²) in [7, 11) is 0. The zero-order valence-electron chi connectivity index (χ0n) is 11.2. The number of hydrogen-bond acceptors (Lipinski definition) is 4. The summed E-state index contributed by atoms with van der Waals surface area (Å²) in [6.45, 7) is 2.39. The molecule has 1 fully saturated rings. The van der Waals surface area contributed by atoms with E-state index in [1.165, 1.54) is 6.07 Å². The number of nitrogens with zero attached hydrogens (tertiary/aromatic N) is 1. The van der Waals surface area contributed by atoms with E-state index in [1.54, 1.807) is 12.1 Å². The van der Waals surface area contributed by atoms with Crippen molar-refractivity contribution >= 4 is 11.6 Å². The van der Waals surface area contributed by atoms with Gasteiger partial charge in [-0.2, -0.15) is 0 Å². The lowest BCUT2D eigenvalue weighted by Gasteiger charge is -2.40. The Morgan fingerprint density at radius 3 is 2.50 bits per heavy atom. The third-order valence-electron chi connectivity index (χ3n) is 3.80. The molecule has 0 aliphatic carbocycles. The van der Waals surface area contributed by atoms with Gasteiger partial charge in [0.05, 0.1) is 17.2 Å². The molecule has 4 nitrogen and oxygen atoms in total. The van der Waals surface area contributed by atoms with Gasteiger partial charge in [0.25, 0.3) is 0 Å². The van der Waals surface area contributed by atoms with Gasteiger partial charge in [-0.15, -0.1) is 0 Å². The topological polar surface area (TPSA) is 63.9 Å². The first-order valence-electron chi connectivity index (χ1n) is 6.61. The van der Waals surface area contributed by atoms with E-state index >= 15 is 0 Å². The SMILES string of the molecule is CC(Cc1cccc(Cl)c1F)N1C[C@@H](O)[C@H](O)[C@@H](O)C1. The zero-order chi connectivity index (χ0) is 14.9. The Kier molecular flexibility index (Phi) is 4.99. The first-order chi connectivity index (χ1) is 9.40. The first-order valence-corrected chi connectivity index (χ1v) is 6.99. The van der Waals surface area contributed by atoms with Gasteiger partial charge in [0.1, 0.15) is 11.9 Å². The highest BCUT2D eigenvalue weighted by Crippen LogP contribution is 2.22. The van der Waals surface area contributed by atoms with Gasteiger partial charge >= 0.3 is 0 Å². The summed E-state index contributed by atoms with van der Waals surface area (Å²) in [5.74, 6) is -0.431. The molecule has 0 radical (unpaired) electrons. The minimum atomic E-state index is -1.12. The van der Waals surface area contributed by atoms with Crippen LogP contribution < -0.4 is 0 Å². The summed E-state index contributed by atoms with van der Waals surface area (Å²) in [6, 6.07) is 4.77. The van der Waals surface area contributed by atoms with Crippen LogP contribution in [0.3, 0.4) is 0 Å². The Morgan fingerprint density at radius 2 is 1.90 bits per heavy atom. The maximum Gasteiger partial charge on any atom is 0.145 e. The highest BCUT2D eigenvalue weighted by Gasteiger charge is 2.35. The molecule has 1 aromatic rings. The first kappa shape index (κ1) is 15.7. The third kappa shape index (κ3) is 3.30. The number of benzene rings is 1. The standard InChI is InChI=1S/C14H19ClFNO3/c1-8(5-9-3-2-4-10(15)13(9)16)17-6-11(18)14(20)12(19)7-17/h2-4,8,11-12,14,18-20H,5-7H2,1H3/t8?,11-,12+,14+. The molecule has 1 aromatic carbocycles. The smallest absolute Gasteiger partial charge is 0.145 e. The Labute approximate surface area is 122 Å². The zero-order valence-corrected chi connectivity index (χ0v) is 12.0. The fraction of sp³-hybridized carbons (Fsp3) is 0.571. The molecule has 0 spiro atoms. The quantitative estimate of drug-likeness (QED) is 0.773. The van der Waals surface area contributed by atoms with E-state index in [1.807, 2.05) is 11.8 Å². The van der Waals surface area contributed by atoms with E-state index in [-0.39, 0.29) is 24.2 Å². The van der Waals surface area contributed by atoms with Gasteiger partial charge in [-0.3, -0.25) is 4.90 Å². The minimum absolute atomic E-state index is 0.0835. The van der Waals surface area contributed by atoms with Crippen molar-refractivity contribution in [3.05, 3.63) is 34.6 Å². The number of piperidine rings is 1. The molecule has 0 bridgehead atoms. The van der Waals surface area contributed by atoms with Crippen LogP contribution in [0.4, 0.5) is 4.39 Å². The molecule has 0 amide bonds. The molecule has 1 aliphatic rings. The highest BCUT2D eigenvalue weighted by atomic mass is 35.5. The molecule has 4 atom stereocenters. The van der Waals surface area contributed by atoms with E-state index in [9.17, 15) is 19.7 Å². The molecule has 0 aromatic heterocycles. The van der Waals surface area contributed by atoms with E-state index in [0.29, 0.717) is 12.0 Å². The van der Waals surface area contributed by atoms with Crippen molar-refractivity contribution in [2.24, 2.45) is 0 Å². The predicted octanol–water partition coefficient (Wildman–Crippen LogP) is 0.808. The lowest BCUT2D eigenvalue weighted by molar-refractivity contribution is -0.116. The molecule has 6 heteroatoms. The largest absolute Gasteiger partial charge is 0.389 e. The van der Waals surface area contributed by atoms with E-state index in [2.05, 4.69) is 0 Å². The fourth-order valence-corrected chi connectivity index (χ4v) is 2.73. The lowest BCUT2D eigenvalue weighted by atomic mass is 9.98. The highest BCUT2D eigenvalue weighted by molar-refractivity contribution is 6.30. The van der Waals surface area contributed by atoms with Crippen molar-refractivity contribution in [3.8, 4) is 0 Å². The fourth-order valence-electron chi connectivity index (χ4n) is 2.54. The van der Waals surface area contributed by atoms with Crippen LogP contribution in [0.1, 0.15) is 12.5 Å². The molecular formula is C14H19ClFNO3. The van der Waals surface area contributed by atoms with Crippen LogP contribution in [0.25, 0.3) is 0 Å². The lowest BCUT2D eigenvalue weighted by Crippen LogP contribution is -2.57. The summed E-state index contributed by atoms with van der Waals surface area (Å²) >= 11 is 5.75. The molecule has 20 heavy (non-hydrogen) atoms. The van der Waals surface area contributed by atoms with Gasteiger partial charge in [-0.1, -0.05) is 23.7 Å². The summed E-state index contributed by atoms with van der Waals surface area (Å²) in [4.78, 5) is 1.84. The molecule has 1 saturated heterocycles. The summed E-state index contributed by atoms with van der Waals surface area (Å²) in [5.41, 5.74) is 0.500. The van der Waals surface area contributed by atoms with Crippen LogP contribution in [0.15, 0.2) is 18.2 Å². The average molecular weight is 304 g/mol. The van der Waals surface area contributed by atoms with Gasteiger partial charge < -0.3 is 15.3 Å². The molecule has 3 N–H and O–H groups in total. The third-order valence-corrected chi connectivity index (χ3v) is 4.09. The van der Waals surface area contributed by atoms with Gasteiger partial charge in [0.2, 0.25) is 0 Å². The van der Waals surface area contributed by atoms with Gasteiger partial charge in [-0.05, 0) is 25.0 Å². The Balaban J connectivity index is 2.05. The number of rotatable bonds is 3.